The Hall–Kier alpha value is -1.70. The number of nitrogens with zero attached hydrogens (tertiary/aromatic N) is 2. The van der Waals surface area contributed by atoms with Gasteiger partial charge < -0.3 is 0 Å². The third-order valence-corrected chi connectivity index (χ3v) is 2.12. The van der Waals surface area contributed by atoms with E-state index >= 15 is 0 Å². The summed E-state index contributed by atoms with van der Waals surface area (Å²) in [4.78, 5) is 8.16. The lowest BCUT2D eigenvalue weighted by Gasteiger charge is -1.89. The molecule has 100 valence electrons. The predicted molar refractivity (Wildman–Crippen MR) is 80.9 cm³/mol. The minimum Gasteiger partial charge on any atom is -0.261 e. The van der Waals surface area contributed by atoms with Gasteiger partial charge in [-0.3, -0.25) is 9.97 Å². The smallest absolute Gasteiger partial charge is 0.0372 e. The minimum absolute atomic E-state index is 0. The molecule has 0 saturated carbocycles. The lowest BCUT2D eigenvalue weighted by atomic mass is 10.3. The van der Waals surface area contributed by atoms with Crippen molar-refractivity contribution in [3.05, 3.63) is 59.2 Å². The van der Waals surface area contributed by atoms with Crippen molar-refractivity contribution >= 4 is 0 Å². The number of rotatable bonds is 0. The van der Waals surface area contributed by atoms with Gasteiger partial charge in [0.2, 0.25) is 0 Å². The Balaban J connectivity index is 0. The second-order valence-corrected chi connectivity index (χ2v) is 3.95. The Labute approximate surface area is 112 Å². The zero-order valence-corrected chi connectivity index (χ0v) is 10.4. The molecule has 0 unspecified atom stereocenters. The van der Waals surface area contributed by atoms with Gasteiger partial charge in [-0.1, -0.05) is 27.0 Å². The van der Waals surface area contributed by atoms with Crippen LogP contribution in [0, 0.1) is 27.7 Å². The summed E-state index contributed by atoms with van der Waals surface area (Å²) < 4.78 is 0. The van der Waals surface area contributed by atoms with Crippen LogP contribution in [0.3, 0.4) is 0 Å². The average molecular weight is 246 g/mol. The molecule has 0 N–H and O–H groups in total. The zero-order chi connectivity index (χ0) is 12.0. The highest BCUT2D eigenvalue weighted by atomic mass is 14.7. The molecule has 0 aromatic carbocycles. The summed E-state index contributed by atoms with van der Waals surface area (Å²) in [6, 6.07) is 8.13. The SMILES string of the molecule is C.C.Cc1ccc(C)nc1.Cc1ccc(C)nc1. The third-order valence-electron chi connectivity index (χ3n) is 2.12. The minimum atomic E-state index is 0. The molecular formula is C16H26N2. The van der Waals surface area contributed by atoms with E-state index in [2.05, 4.69) is 22.1 Å². The topological polar surface area (TPSA) is 25.8 Å². The van der Waals surface area contributed by atoms with E-state index in [-0.39, 0.29) is 14.9 Å². The van der Waals surface area contributed by atoms with Crippen molar-refractivity contribution in [3.63, 3.8) is 0 Å². The molecule has 2 aromatic heterocycles. The van der Waals surface area contributed by atoms with E-state index in [0.29, 0.717) is 0 Å². The Morgan fingerprint density at radius 1 is 0.611 bits per heavy atom. The molecule has 0 bridgehead atoms. The monoisotopic (exact) mass is 246 g/mol. The summed E-state index contributed by atoms with van der Waals surface area (Å²) in [5, 5.41) is 0. The van der Waals surface area contributed by atoms with Gasteiger partial charge >= 0.3 is 0 Å². The van der Waals surface area contributed by atoms with E-state index in [9.17, 15) is 0 Å². The van der Waals surface area contributed by atoms with E-state index in [4.69, 9.17) is 0 Å². The number of aromatic nitrogens is 2. The molecule has 0 radical (unpaired) electrons. The van der Waals surface area contributed by atoms with Crippen molar-refractivity contribution in [1.82, 2.24) is 9.97 Å². The quantitative estimate of drug-likeness (QED) is 0.675. The van der Waals surface area contributed by atoms with E-state index in [1.54, 1.807) is 0 Å². The van der Waals surface area contributed by atoms with Crippen LogP contribution < -0.4 is 0 Å². The standard InChI is InChI=1S/2C7H9N.2CH4/c2*1-6-3-4-7(2)8-5-6;;/h2*3-5H,1-2H3;2*1H4. The molecule has 0 fully saturated rings. The van der Waals surface area contributed by atoms with E-state index in [1.165, 1.54) is 11.1 Å². The molecule has 2 nitrogen and oxygen atoms in total. The van der Waals surface area contributed by atoms with Gasteiger partial charge in [-0.15, -0.1) is 0 Å². The van der Waals surface area contributed by atoms with E-state index in [1.807, 2.05) is 52.2 Å². The fourth-order valence-electron chi connectivity index (χ4n) is 1.08. The first-order valence-electron chi connectivity index (χ1n) is 5.36. The molecule has 0 spiro atoms. The molecular weight excluding hydrogens is 220 g/mol. The maximum atomic E-state index is 4.08. The molecule has 2 heterocycles. The molecule has 2 aromatic rings. The van der Waals surface area contributed by atoms with Crippen LogP contribution >= 0.6 is 0 Å². The highest BCUT2D eigenvalue weighted by Crippen LogP contribution is 1.95. The Morgan fingerprint density at radius 2 is 0.944 bits per heavy atom. The van der Waals surface area contributed by atoms with Gasteiger partial charge in [0.25, 0.3) is 0 Å². The van der Waals surface area contributed by atoms with Crippen molar-refractivity contribution < 1.29 is 0 Å². The second-order valence-electron chi connectivity index (χ2n) is 3.95. The predicted octanol–water partition coefficient (Wildman–Crippen LogP) is 4.67. The summed E-state index contributed by atoms with van der Waals surface area (Å²) in [5.74, 6) is 0. The van der Waals surface area contributed by atoms with Gasteiger partial charge in [0.1, 0.15) is 0 Å². The molecule has 0 aliphatic carbocycles. The van der Waals surface area contributed by atoms with Crippen molar-refractivity contribution in [2.24, 2.45) is 0 Å². The average Bonchev–Trinajstić information content (AvgIpc) is 2.28. The van der Waals surface area contributed by atoms with Crippen molar-refractivity contribution in [2.45, 2.75) is 42.5 Å². The number of hydrogen-bond donors (Lipinski definition) is 0. The van der Waals surface area contributed by atoms with Crippen LogP contribution in [0.15, 0.2) is 36.7 Å². The van der Waals surface area contributed by atoms with Gasteiger partial charge in [-0.05, 0) is 51.0 Å². The normalized spacial score (nSPS) is 8.22. The van der Waals surface area contributed by atoms with Crippen molar-refractivity contribution in [3.8, 4) is 0 Å². The molecule has 2 rings (SSSR count). The maximum Gasteiger partial charge on any atom is 0.0372 e. The summed E-state index contributed by atoms with van der Waals surface area (Å²) >= 11 is 0. The van der Waals surface area contributed by atoms with Crippen LogP contribution in [0.1, 0.15) is 37.4 Å². The molecule has 0 amide bonds. The summed E-state index contributed by atoms with van der Waals surface area (Å²) in [6.07, 6.45) is 3.74. The van der Waals surface area contributed by atoms with E-state index in [0.717, 1.165) is 11.4 Å². The third kappa shape index (κ3) is 7.55. The molecule has 18 heavy (non-hydrogen) atoms. The van der Waals surface area contributed by atoms with Crippen LogP contribution in [0.2, 0.25) is 0 Å². The lowest BCUT2D eigenvalue weighted by molar-refractivity contribution is 1.17. The molecule has 2 heteroatoms. The molecule has 0 aliphatic rings. The molecule has 0 atom stereocenters. The van der Waals surface area contributed by atoms with Crippen LogP contribution in [0.25, 0.3) is 0 Å². The Bertz CT molecular complexity index is 330. The van der Waals surface area contributed by atoms with Gasteiger partial charge in [0, 0.05) is 23.8 Å². The second kappa shape index (κ2) is 9.34. The van der Waals surface area contributed by atoms with Gasteiger partial charge in [0.15, 0.2) is 0 Å². The highest BCUT2D eigenvalue weighted by Gasteiger charge is 1.81. The number of hydrogen-bond acceptors (Lipinski definition) is 2. The first-order chi connectivity index (χ1) is 7.58. The summed E-state index contributed by atoms with van der Waals surface area (Å²) in [5.41, 5.74) is 4.59. The van der Waals surface area contributed by atoms with Crippen LogP contribution in [-0.2, 0) is 0 Å². The molecule has 0 aliphatic heterocycles. The Morgan fingerprint density at radius 3 is 1.11 bits per heavy atom. The fraction of sp³-hybridized carbons (Fsp3) is 0.375. The van der Waals surface area contributed by atoms with Gasteiger partial charge in [-0.2, -0.15) is 0 Å². The number of aryl methyl sites for hydroxylation is 4. The lowest BCUT2D eigenvalue weighted by Crippen LogP contribution is -1.78. The zero-order valence-electron chi connectivity index (χ0n) is 10.4. The van der Waals surface area contributed by atoms with Crippen LogP contribution in [0.4, 0.5) is 0 Å². The van der Waals surface area contributed by atoms with E-state index < -0.39 is 0 Å². The summed E-state index contributed by atoms with van der Waals surface area (Å²) in [7, 11) is 0. The highest BCUT2D eigenvalue weighted by molar-refractivity contribution is 5.11. The van der Waals surface area contributed by atoms with Crippen LogP contribution in [0.5, 0.6) is 0 Å². The molecule has 0 saturated heterocycles. The summed E-state index contributed by atoms with van der Waals surface area (Å²) in [6.45, 7) is 8.04. The van der Waals surface area contributed by atoms with Crippen molar-refractivity contribution in [1.29, 1.82) is 0 Å². The van der Waals surface area contributed by atoms with Gasteiger partial charge in [-0.25, -0.2) is 0 Å². The first kappa shape index (κ1) is 18.7. The fourth-order valence-corrected chi connectivity index (χ4v) is 1.08. The largest absolute Gasteiger partial charge is 0.261 e. The van der Waals surface area contributed by atoms with Gasteiger partial charge in [0.05, 0.1) is 0 Å². The van der Waals surface area contributed by atoms with Crippen molar-refractivity contribution in [2.75, 3.05) is 0 Å². The first-order valence-corrected chi connectivity index (χ1v) is 5.36. The number of pyridine rings is 2. The Kier molecular flexibility index (Phi) is 9.68. The van der Waals surface area contributed by atoms with Crippen LogP contribution in [-0.4, -0.2) is 9.97 Å². The maximum absolute atomic E-state index is 4.08.